The van der Waals surface area contributed by atoms with Crippen molar-refractivity contribution in [1.29, 1.82) is 0 Å². The SMILES string of the molecule is Cc1nn2c(N(C)C)c(C(=O)N[C@H]3CCOc4ccccc43)cnc2c1-c1c(F)cccc1F. The van der Waals surface area contributed by atoms with Gasteiger partial charge in [-0.2, -0.15) is 9.61 Å². The largest absolute Gasteiger partial charge is 0.493 e. The Hall–Kier alpha value is -4.01. The molecule has 1 amide bonds. The Balaban J connectivity index is 1.60. The van der Waals surface area contributed by atoms with Gasteiger partial charge in [-0.3, -0.25) is 4.79 Å². The maximum absolute atomic E-state index is 14.6. The van der Waals surface area contributed by atoms with E-state index < -0.39 is 11.6 Å². The second-order valence-corrected chi connectivity index (χ2v) is 8.38. The lowest BCUT2D eigenvalue weighted by molar-refractivity contribution is 0.0924. The molecule has 7 nitrogen and oxygen atoms in total. The molecular weight excluding hydrogens is 440 g/mol. The number of aromatic nitrogens is 3. The molecule has 0 radical (unpaired) electrons. The van der Waals surface area contributed by atoms with Gasteiger partial charge in [0.2, 0.25) is 0 Å². The summed E-state index contributed by atoms with van der Waals surface area (Å²) in [4.78, 5) is 19.5. The Morgan fingerprint density at radius 1 is 1.12 bits per heavy atom. The van der Waals surface area contributed by atoms with Gasteiger partial charge in [-0.1, -0.05) is 24.3 Å². The number of hydrogen-bond donors (Lipinski definition) is 1. The fourth-order valence-electron chi connectivity index (χ4n) is 4.43. The lowest BCUT2D eigenvalue weighted by Gasteiger charge is -2.27. The van der Waals surface area contributed by atoms with Gasteiger partial charge >= 0.3 is 0 Å². The number of benzene rings is 2. The van der Waals surface area contributed by atoms with Crippen LogP contribution >= 0.6 is 0 Å². The average Bonchev–Trinajstić information content (AvgIpc) is 3.14. The van der Waals surface area contributed by atoms with Crippen LogP contribution in [0.4, 0.5) is 14.6 Å². The molecule has 174 valence electrons. The summed E-state index contributed by atoms with van der Waals surface area (Å²) in [7, 11) is 3.55. The van der Waals surface area contributed by atoms with E-state index in [0.717, 1.165) is 11.3 Å². The molecule has 2 aromatic carbocycles. The third-order valence-electron chi connectivity index (χ3n) is 5.94. The summed E-state index contributed by atoms with van der Waals surface area (Å²) in [5.41, 5.74) is 1.93. The molecule has 0 fully saturated rings. The van der Waals surface area contributed by atoms with Crippen molar-refractivity contribution in [3.8, 4) is 16.9 Å². The average molecular weight is 463 g/mol. The molecule has 0 saturated carbocycles. The number of hydrogen-bond acceptors (Lipinski definition) is 5. The van der Waals surface area contributed by atoms with Gasteiger partial charge in [-0.15, -0.1) is 0 Å². The molecule has 5 rings (SSSR count). The van der Waals surface area contributed by atoms with E-state index >= 15 is 0 Å². The number of nitrogens with zero attached hydrogens (tertiary/aromatic N) is 4. The number of rotatable bonds is 4. The number of carbonyl (C=O) groups is 1. The fourth-order valence-corrected chi connectivity index (χ4v) is 4.43. The number of fused-ring (bicyclic) bond motifs is 2. The number of amides is 1. The molecule has 34 heavy (non-hydrogen) atoms. The van der Waals surface area contributed by atoms with E-state index in [1.165, 1.54) is 28.9 Å². The summed E-state index contributed by atoms with van der Waals surface area (Å²) >= 11 is 0. The highest BCUT2D eigenvalue weighted by molar-refractivity contribution is 6.00. The predicted octanol–water partition coefficient (Wildman–Crippen LogP) is 4.30. The van der Waals surface area contributed by atoms with Gasteiger partial charge in [0.1, 0.15) is 28.8 Å². The normalized spacial score (nSPS) is 15.0. The van der Waals surface area contributed by atoms with E-state index in [4.69, 9.17) is 4.74 Å². The number of para-hydroxylation sites is 1. The van der Waals surface area contributed by atoms with Gasteiger partial charge in [0, 0.05) is 32.3 Å². The Bertz CT molecular complexity index is 1400. The monoisotopic (exact) mass is 463 g/mol. The van der Waals surface area contributed by atoms with Crippen molar-refractivity contribution in [1.82, 2.24) is 19.9 Å². The Morgan fingerprint density at radius 3 is 2.59 bits per heavy atom. The van der Waals surface area contributed by atoms with E-state index in [1.807, 2.05) is 24.3 Å². The van der Waals surface area contributed by atoms with E-state index in [-0.39, 0.29) is 28.7 Å². The maximum atomic E-state index is 14.6. The number of nitrogens with one attached hydrogen (secondary N) is 1. The number of anilines is 1. The second-order valence-electron chi connectivity index (χ2n) is 8.38. The van der Waals surface area contributed by atoms with Crippen molar-refractivity contribution in [2.45, 2.75) is 19.4 Å². The second kappa shape index (κ2) is 8.40. The van der Waals surface area contributed by atoms with Crippen molar-refractivity contribution < 1.29 is 18.3 Å². The van der Waals surface area contributed by atoms with Crippen LogP contribution in [-0.4, -0.2) is 41.2 Å². The minimum Gasteiger partial charge on any atom is -0.493 e. The van der Waals surface area contributed by atoms with Crippen molar-refractivity contribution in [2.75, 3.05) is 25.6 Å². The van der Waals surface area contributed by atoms with Crippen molar-refractivity contribution in [2.24, 2.45) is 0 Å². The van der Waals surface area contributed by atoms with Crippen LogP contribution in [0, 0.1) is 18.6 Å². The van der Waals surface area contributed by atoms with Crippen molar-refractivity contribution in [3.63, 3.8) is 0 Å². The van der Waals surface area contributed by atoms with Crippen LogP contribution in [0.2, 0.25) is 0 Å². The minimum atomic E-state index is -0.703. The van der Waals surface area contributed by atoms with Gasteiger partial charge in [-0.05, 0) is 25.1 Å². The topological polar surface area (TPSA) is 71.8 Å². The highest BCUT2D eigenvalue weighted by Gasteiger charge is 2.28. The summed E-state index contributed by atoms with van der Waals surface area (Å²) < 4.78 is 36.3. The van der Waals surface area contributed by atoms with Crippen LogP contribution in [0.25, 0.3) is 16.8 Å². The van der Waals surface area contributed by atoms with E-state index in [9.17, 15) is 13.6 Å². The van der Waals surface area contributed by atoms with Crippen LogP contribution in [0.1, 0.15) is 34.1 Å². The third kappa shape index (κ3) is 3.53. The van der Waals surface area contributed by atoms with Gasteiger partial charge in [0.05, 0.1) is 29.5 Å². The summed E-state index contributed by atoms with van der Waals surface area (Å²) in [5, 5.41) is 7.57. The van der Waals surface area contributed by atoms with Crippen LogP contribution in [0.5, 0.6) is 5.75 Å². The van der Waals surface area contributed by atoms with E-state index in [0.29, 0.717) is 30.1 Å². The first-order chi connectivity index (χ1) is 16.4. The quantitative estimate of drug-likeness (QED) is 0.489. The van der Waals surface area contributed by atoms with Crippen LogP contribution in [0.3, 0.4) is 0 Å². The number of ether oxygens (including phenoxy) is 1. The molecular formula is C25H23F2N5O2. The van der Waals surface area contributed by atoms with Gasteiger partial charge in [0.25, 0.3) is 5.91 Å². The molecule has 4 aromatic rings. The van der Waals surface area contributed by atoms with Gasteiger partial charge in [-0.25, -0.2) is 13.8 Å². The molecule has 0 saturated heterocycles. The highest BCUT2D eigenvalue weighted by Crippen LogP contribution is 2.35. The predicted molar refractivity (Wildman–Crippen MR) is 124 cm³/mol. The highest BCUT2D eigenvalue weighted by atomic mass is 19.1. The smallest absolute Gasteiger partial charge is 0.257 e. The summed E-state index contributed by atoms with van der Waals surface area (Å²) in [6.07, 6.45) is 2.06. The molecule has 0 bridgehead atoms. The molecule has 0 spiro atoms. The summed E-state index contributed by atoms with van der Waals surface area (Å²) in [6.45, 7) is 2.16. The lowest BCUT2D eigenvalue weighted by Crippen LogP contribution is -2.33. The molecule has 3 heterocycles. The zero-order chi connectivity index (χ0) is 24.0. The first-order valence-electron chi connectivity index (χ1n) is 10.9. The molecule has 9 heteroatoms. The standard InChI is InChI=1S/C25H23F2N5O2/c1-14-21(22-17(26)8-6-9-18(22)27)23-28-13-16(25(31(2)3)32(23)30-14)24(33)29-19-11-12-34-20-10-5-4-7-15(19)20/h4-10,13,19H,11-12H2,1-3H3,(H,29,33)/t19-/m0/s1. The molecule has 1 atom stereocenters. The summed E-state index contributed by atoms with van der Waals surface area (Å²) in [6, 6.07) is 11.1. The number of aryl methyl sites for hydroxylation is 1. The van der Waals surface area contributed by atoms with Crippen LogP contribution in [0.15, 0.2) is 48.7 Å². The van der Waals surface area contributed by atoms with Crippen molar-refractivity contribution >= 4 is 17.4 Å². The molecule has 1 aliphatic heterocycles. The molecule has 1 aliphatic rings. The van der Waals surface area contributed by atoms with Crippen molar-refractivity contribution in [3.05, 3.63) is 77.1 Å². The zero-order valence-electron chi connectivity index (χ0n) is 19.0. The zero-order valence-corrected chi connectivity index (χ0v) is 19.0. The molecule has 0 aliphatic carbocycles. The van der Waals surface area contributed by atoms with Crippen LogP contribution < -0.4 is 15.0 Å². The maximum Gasteiger partial charge on any atom is 0.257 e. The first-order valence-corrected chi connectivity index (χ1v) is 10.9. The number of halogens is 2. The third-order valence-corrected chi connectivity index (χ3v) is 5.94. The molecule has 2 aromatic heterocycles. The van der Waals surface area contributed by atoms with Gasteiger partial charge in [0.15, 0.2) is 5.65 Å². The van der Waals surface area contributed by atoms with Gasteiger partial charge < -0.3 is 15.0 Å². The first kappa shape index (κ1) is 21.8. The number of carbonyl (C=O) groups excluding carboxylic acids is 1. The van der Waals surface area contributed by atoms with E-state index in [1.54, 1.807) is 25.9 Å². The fraction of sp³-hybridized carbons (Fsp3) is 0.240. The Labute approximate surface area is 195 Å². The Kier molecular flexibility index (Phi) is 5.39. The minimum absolute atomic E-state index is 0.191. The molecule has 0 unspecified atom stereocenters. The molecule has 1 N–H and O–H groups in total. The Morgan fingerprint density at radius 2 is 1.85 bits per heavy atom. The van der Waals surface area contributed by atoms with Crippen LogP contribution in [-0.2, 0) is 0 Å². The van der Waals surface area contributed by atoms with E-state index in [2.05, 4.69) is 15.4 Å². The summed E-state index contributed by atoms with van der Waals surface area (Å²) in [5.74, 6) is -0.530. The lowest BCUT2D eigenvalue weighted by atomic mass is 10.0.